The molecule has 2 aromatic carbocycles. The van der Waals surface area contributed by atoms with Crippen molar-refractivity contribution in [1.82, 2.24) is 0 Å². The lowest BCUT2D eigenvalue weighted by Crippen LogP contribution is -2.07. The lowest BCUT2D eigenvalue weighted by atomic mass is 9.92. The van der Waals surface area contributed by atoms with Crippen LogP contribution in [-0.2, 0) is 0 Å². The van der Waals surface area contributed by atoms with Crippen molar-refractivity contribution in [3.8, 4) is 11.5 Å². The Labute approximate surface area is 118 Å². The zero-order valence-corrected chi connectivity index (χ0v) is 11.5. The van der Waals surface area contributed by atoms with Gasteiger partial charge in [0.05, 0.1) is 19.8 Å². The first-order chi connectivity index (χ1) is 9.78. The molecule has 1 N–H and O–H groups in total. The maximum atomic E-state index is 10.4. The van der Waals surface area contributed by atoms with Crippen LogP contribution in [0.2, 0.25) is 0 Å². The Kier molecular flexibility index (Phi) is 3.61. The van der Waals surface area contributed by atoms with Crippen molar-refractivity contribution in [2.24, 2.45) is 0 Å². The van der Waals surface area contributed by atoms with Crippen LogP contribution >= 0.6 is 0 Å². The van der Waals surface area contributed by atoms with E-state index < -0.39 is 6.10 Å². The molecule has 0 amide bonds. The summed E-state index contributed by atoms with van der Waals surface area (Å²) in [5.74, 6) is 2.00. The highest BCUT2D eigenvalue weighted by Gasteiger charge is 2.26. The van der Waals surface area contributed by atoms with E-state index in [2.05, 4.69) is 6.07 Å². The van der Waals surface area contributed by atoms with Crippen molar-refractivity contribution in [1.29, 1.82) is 0 Å². The van der Waals surface area contributed by atoms with Gasteiger partial charge in [-0.05, 0) is 30.2 Å². The third kappa shape index (κ3) is 2.49. The normalized spacial score (nSPS) is 18.2. The number of fused-ring (bicyclic) bond motifs is 1. The van der Waals surface area contributed by atoms with Crippen molar-refractivity contribution < 1.29 is 14.6 Å². The van der Waals surface area contributed by atoms with Crippen LogP contribution in [0.3, 0.4) is 0 Å². The summed E-state index contributed by atoms with van der Waals surface area (Å²) in [6.07, 6.45) is 0.184. The second kappa shape index (κ2) is 5.55. The van der Waals surface area contributed by atoms with Gasteiger partial charge in [0.1, 0.15) is 11.5 Å². The van der Waals surface area contributed by atoms with Crippen molar-refractivity contribution in [3.05, 3.63) is 59.7 Å². The summed E-state index contributed by atoms with van der Waals surface area (Å²) in [5, 5.41) is 10.4. The van der Waals surface area contributed by atoms with Crippen LogP contribution in [-0.4, -0.2) is 18.8 Å². The Balaban J connectivity index is 1.71. The first-order valence-electron chi connectivity index (χ1n) is 6.81. The Bertz CT molecular complexity index is 577. The molecule has 0 bridgehead atoms. The van der Waals surface area contributed by atoms with E-state index in [1.54, 1.807) is 7.11 Å². The smallest absolute Gasteiger partial charge is 0.122 e. The zero-order chi connectivity index (χ0) is 13.9. The summed E-state index contributed by atoms with van der Waals surface area (Å²) in [5.41, 5.74) is 2.11. The lowest BCUT2D eigenvalue weighted by Gasteiger charge is -2.15. The molecular weight excluding hydrogens is 252 g/mol. The van der Waals surface area contributed by atoms with Gasteiger partial charge in [-0.1, -0.05) is 30.3 Å². The summed E-state index contributed by atoms with van der Waals surface area (Å²) in [6, 6.07) is 15.6. The van der Waals surface area contributed by atoms with Crippen molar-refractivity contribution in [3.63, 3.8) is 0 Å². The summed E-state index contributed by atoms with van der Waals surface area (Å²) in [6.45, 7) is 0.645. The maximum Gasteiger partial charge on any atom is 0.122 e. The number of aliphatic hydroxyl groups excluding tert-OH is 1. The van der Waals surface area contributed by atoms with Gasteiger partial charge in [-0.15, -0.1) is 0 Å². The van der Waals surface area contributed by atoms with E-state index in [9.17, 15) is 5.11 Å². The van der Waals surface area contributed by atoms with Gasteiger partial charge in [0.25, 0.3) is 0 Å². The number of hydrogen-bond donors (Lipinski definition) is 1. The minimum Gasteiger partial charge on any atom is -0.497 e. The number of para-hydroxylation sites is 1. The molecule has 1 aliphatic heterocycles. The van der Waals surface area contributed by atoms with Crippen LogP contribution in [0.15, 0.2) is 48.5 Å². The van der Waals surface area contributed by atoms with Crippen LogP contribution < -0.4 is 9.47 Å². The predicted octanol–water partition coefficient (Wildman–Crippen LogP) is 3.29. The number of rotatable bonds is 4. The highest BCUT2D eigenvalue weighted by atomic mass is 16.5. The summed E-state index contributed by atoms with van der Waals surface area (Å²) >= 11 is 0. The Hall–Kier alpha value is -2.00. The quantitative estimate of drug-likeness (QED) is 0.926. The minimum atomic E-state index is -0.485. The number of methoxy groups -OCH3 is 1. The van der Waals surface area contributed by atoms with Gasteiger partial charge < -0.3 is 14.6 Å². The van der Waals surface area contributed by atoms with Crippen molar-refractivity contribution in [2.75, 3.05) is 13.7 Å². The van der Waals surface area contributed by atoms with Crippen LogP contribution in [0.25, 0.3) is 0 Å². The van der Waals surface area contributed by atoms with E-state index in [0.29, 0.717) is 13.0 Å². The minimum absolute atomic E-state index is 0.253. The SMILES string of the molecule is COc1ccc(C(O)CC2COc3ccccc32)cc1. The number of aliphatic hydroxyl groups is 1. The van der Waals surface area contributed by atoms with Crippen LogP contribution in [0.1, 0.15) is 29.6 Å². The second-order valence-corrected chi connectivity index (χ2v) is 5.07. The van der Waals surface area contributed by atoms with E-state index in [4.69, 9.17) is 9.47 Å². The fourth-order valence-electron chi connectivity index (χ4n) is 2.66. The second-order valence-electron chi connectivity index (χ2n) is 5.07. The molecule has 1 aliphatic rings. The van der Waals surface area contributed by atoms with Gasteiger partial charge in [-0.3, -0.25) is 0 Å². The van der Waals surface area contributed by atoms with Crippen molar-refractivity contribution >= 4 is 0 Å². The molecule has 0 saturated carbocycles. The Morgan fingerprint density at radius 3 is 2.70 bits per heavy atom. The molecule has 0 fully saturated rings. The summed E-state index contributed by atoms with van der Waals surface area (Å²) in [4.78, 5) is 0. The van der Waals surface area contributed by atoms with Crippen LogP contribution in [0.5, 0.6) is 11.5 Å². The van der Waals surface area contributed by atoms with Crippen LogP contribution in [0, 0.1) is 0 Å². The Morgan fingerprint density at radius 2 is 1.95 bits per heavy atom. The molecule has 2 aromatic rings. The first-order valence-corrected chi connectivity index (χ1v) is 6.81. The molecule has 104 valence electrons. The molecule has 2 unspecified atom stereocenters. The van der Waals surface area contributed by atoms with E-state index in [1.165, 1.54) is 5.56 Å². The molecule has 0 spiro atoms. The van der Waals surface area contributed by atoms with Crippen LogP contribution in [0.4, 0.5) is 0 Å². The van der Waals surface area contributed by atoms with Gasteiger partial charge in [0, 0.05) is 11.5 Å². The molecule has 0 aromatic heterocycles. The molecule has 2 atom stereocenters. The first kappa shape index (κ1) is 13.0. The van der Waals surface area contributed by atoms with Gasteiger partial charge in [0.15, 0.2) is 0 Å². The number of benzene rings is 2. The van der Waals surface area contributed by atoms with Gasteiger partial charge in [-0.25, -0.2) is 0 Å². The van der Waals surface area contributed by atoms with E-state index in [1.807, 2.05) is 42.5 Å². The average molecular weight is 270 g/mol. The molecule has 3 rings (SSSR count). The average Bonchev–Trinajstić information content (AvgIpc) is 2.91. The van der Waals surface area contributed by atoms with E-state index in [-0.39, 0.29) is 5.92 Å². The van der Waals surface area contributed by atoms with Gasteiger partial charge >= 0.3 is 0 Å². The highest BCUT2D eigenvalue weighted by Crippen LogP contribution is 2.38. The summed E-state index contributed by atoms with van der Waals surface area (Å²) < 4.78 is 10.8. The predicted molar refractivity (Wildman–Crippen MR) is 77.2 cm³/mol. The van der Waals surface area contributed by atoms with Crippen molar-refractivity contribution in [2.45, 2.75) is 18.4 Å². The number of hydrogen-bond acceptors (Lipinski definition) is 3. The monoisotopic (exact) mass is 270 g/mol. The maximum absolute atomic E-state index is 10.4. The molecule has 1 heterocycles. The Morgan fingerprint density at radius 1 is 1.20 bits per heavy atom. The fraction of sp³-hybridized carbons (Fsp3) is 0.294. The lowest BCUT2D eigenvalue weighted by molar-refractivity contribution is 0.151. The van der Waals surface area contributed by atoms with Gasteiger partial charge in [0.2, 0.25) is 0 Å². The molecule has 20 heavy (non-hydrogen) atoms. The molecule has 0 radical (unpaired) electrons. The van der Waals surface area contributed by atoms with E-state index >= 15 is 0 Å². The molecule has 3 nitrogen and oxygen atoms in total. The zero-order valence-electron chi connectivity index (χ0n) is 11.5. The third-order valence-electron chi connectivity index (χ3n) is 3.81. The third-order valence-corrected chi connectivity index (χ3v) is 3.81. The van der Waals surface area contributed by atoms with E-state index in [0.717, 1.165) is 17.1 Å². The molecule has 0 aliphatic carbocycles. The highest BCUT2D eigenvalue weighted by molar-refractivity contribution is 5.40. The summed E-state index contributed by atoms with van der Waals surface area (Å²) in [7, 11) is 1.64. The van der Waals surface area contributed by atoms with Gasteiger partial charge in [-0.2, -0.15) is 0 Å². The molecule has 0 saturated heterocycles. The fourth-order valence-corrected chi connectivity index (χ4v) is 2.66. The number of ether oxygens (including phenoxy) is 2. The molecule has 3 heteroatoms. The standard InChI is InChI=1S/C17H18O3/c1-19-14-8-6-12(7-9-14)16(18)10-13-11-20-17-5-3-2-4-15(13)17/h2-9,13,16,18H,10-11H2,1H3. The largest absolute Gasteiger partial charge is 0.497 e. The molecular formula is C17H18O3. The topological polar surface area (TPSA) is 38.7 Å².